The second-order valence-corrected chi connectivity index (χ2v) is 6.95. The number of carbonyl (C=O) groups is 2. The normalized spacial score (nSPS) is 24.9. The molecule has 1 saturated carbocycles. The zero-order chi connectivity index (χ0) is 16.4. The zero-order valence-electron chi connectivity index (χ0n) is 13.7. The Balaban J connectivity index is 1.55. The highest BCUT2D eigenvalue weighted by Crippen LogP contribution is 2.43. The van der Waals surface area contributed by atoms with Crippen LogP contribution in [0.4, 0.5) is 5.69 Å². The first kappa shape index (κ1) is 15.8. The van der Waals surface area contributed by atoms with Crippen LogP contribution < -0.4 is 10.6 Å². The molecule has 23 heavy (non-hydrogen) atoms. The second kappa shape index (κ2) is 6.57. The van der Waals surface area contributed by atoms with E-state index in [0.717, 1.165) is 24.1 Å². The summed E-state index contributed by atoms with van der Waals surface area (Å²) >= 11 is 0. The predicted molar refractivity (Wildman–Crippen MR) is 90.6 cm³/mol. The summed E-state index contributed by atoms with van der Waals surface area (Å²) in [6.45, 7) is 4.23. The molecule has 2 N–H and O–H groups in total. The summed E-state index contributed by atoms with van der Waals surface area (Å²) in [6.07, 6.45) is 6.56. The topological polar surface area (TPSA) is 58.2 Å². The van der Waals surface area contributed by atoms with E-state index in [0.29, 0.717) is 18.4 Å². The molecule has 0 heterocycles. The van der Waals surface area contributed by atoms with E-state index in [1.54, 1.807) is 0 Å². The lowest BCUT2D eigenvalue weighted by atomic mass is 9.93. The summed E-state index contributed by atoms with van der Waals surface area (Å²) < 4.78 is 0. The Morgan fingerprint density at radius 3 is 2.70 bits per heavy atom. The number of anilines is 1. The van der Waals surface area contributed by atoms with Crippen molar-refractivity contribution in [1.29, 1.82) is 0 Å². The van der Waals surface area contributed by atoms with Crippen LogP contribution in [0.15, 0.2) is 36.4 Å². The van der Waals surface area contributed by atoms with E-state index in [4.69, 9.17) is 0 Å². The SMILES string of the molecule is CC(C)C(=O)Nc1cccc(CNC(=O)[C@H]2C[C@H]3C=C[C@H]2C3)c1. The third-order valence-electron chi connectivity index (χ3n) is 4.80. The highest BCUT2D eigenvalue weighted by molar-refractivity contribution is 5.92. The molecule has 0 aliphatic heterocycles. The fraction of sp³-hybridized carbons (Fsp3) is 0.474. The van der Waals surface area contributed by atoms with Gasteiger partial charge in [0.1, 0.15) is 0 Å². The van der Waals surface area contributed by atoms with Gasteiger partial charge < -0.3 is 10.6 Å². The maximum Gasteiger partial charge on any atom is 0.226 e. The summed E-state index contributed by atoms with van der Waals surface area (Å²) in [4.78, 5) is 24.1. The standard InChI is InChI=1S/C19H24N2O2/c1-12(2)18(22)21-16-5-3-4-14(9-16)11-20-19(23)17-10-13-6-7-15(17)8-13/h3-7,9,12-13,15,17H,8,10-11H2,1-2H3,(H,20,23)(H,21,22)/t13-,15-,17-/m0/s1. The molecule has 1 aromatic rings. The highest BCUT2D eigenvalue weighted by atomic mass is 16.2. The first-order valence-electron chi connectivity index (χ1n) is 8.39. The molecule has 0 unspecified atom stereocenters. The lowest BCUT2D eigenvalue weighted by molar-refractivity contribution is -0.126. The number of carbonyl (C=O) groups excluding carboxylic acids is 2. The minimum Gasteiger partial charge on any atom is -0.352 e. The van der Waals surface area contributed by atoms with Crippen molar-refractivity contribution in [1.82, 2.24) is 5.32 Å². The van der Waals surface area contributed by atoms with E-state index < -0.39 is 0 Å². The molecule has 4 heteroatoms. The van der Waals surface area contributed by atoms with E-state index in [9.17, 15) is 9.59 Å². The second-order valence-electron chi connectivity index (χ2n) is 6.95. The Labute approximate surface area is 137 Å². The average Bonchev–Trinajstić information content (AvgIpc) is 3.16. The third-order valence-corrected chi connectivity index (χ3v) is 4.80. The van der Waals surface area contributed by atoms with Gasteiger partial charge in [0, 0.05) is 24.1 Å². The monoisotopic (exact) mass is 312 g/mol. The summed E-state index contributed by atoms with van der Waals surface area (Å²) in [5.41, 5.74) is 1.77. The number of allylic oxidation sites excluding steroid dienone is 2. The van der Waals surface area contributed by atoms with Crippen molar-refractivity contribution >= 4 is 17.5 Å². The average molecular weight is 312 g/mol. The lowest BCUT2D eigenvalue weighted by Gasteiger charge is -2.17. The van der Waals surface area contributed by atoms with E-state index in [1.165, 1.54) is 0 Å². The van der Waals surface area contributed by atoms with Crippen LogP contribution in [0.5, 0.6) is 0 Å². The largest absolute Gasteiger partial charge is 0.352 e. The number of nitrogens with one attached hydrogen (secondary N) is 2. The van der Waals surface area contributed by atoms with Gasteiger partial charge in [-0.15, -0.1) is 0 Å². The predicted octanol–water partition coefficient (Wildman–Crippen LogP) is 3.11. The molecule has 2 amide bonds. The molecule has 0 saturated heterocycles. The number of amides is 2. The molecule has 2 bridgehead atoms. The van der Waals surface area contributed by atoms with Gasteiger partial charge in [-0.3, -0.25) is 9.59 Å². The van der Waals surface area contributed by atoms with Crippen molar-refractivity contribution in [3.8, 4) is 0 Å². The molecular weight excluding hydrogens is 288 g/mol. The van der Waals surface area contributed by atoms with Crippen LogP contribution >= 0.6 is 0 Å². The Hall–Kier alpha value is -2.10. The molecule has 3 atom stereocenters. The molecule has 122 valence electrons. The maximum absolute atomic E-state index is 12.3. The Bertz CT molecular complexity index is 636. The summed E-state index contributed by atoms with van der Waals surface area (Å²) in [6, 6.07) is 7.65. The smallest absolute Gasteiger partial charge is 0.226 e. The van der Waals surface area contributed by atoms with E-state index in [1.807, 2.05) is 38.1 Å². The van der Waals surface area contributed by atoms with Crippen molar-refractivity contribution in [3.05, 3.63) is 42.0 Å². The van der Waals surface area contributed by atoms with Crippen molar-refractivity contribution < 1.29 is 9.59 Å². The molecule has 2 aliphatic rings. The number of hydrogen-bond acceptors (Lipinski definition) is 2. The van der Waals surface area contributed by atoms with Crippen molar-refractivity contribution in [2.75, 3.05) is 5.32 Å². The molecule has 2 aliphatic carbocycles. The third kappa shape index (κ3) is 3.63. The van der Waals surface area contributed by atoms with E-state index >= 15 is 0 Å². The summed E-state index contributed by atoms with van der Waals surface area (Å²) in [7, 11) is 0. The summed E-state index contributed by atoms with van der Waals surface area (Å²) in [5, 5.41) is 5.93. The molecule has 1 aromatic carbocycles. The fourth-order valence-electron chi connectivity index (χ4n) is 3.45. The first-order valence-corrected chi connectivity index (χ1v) is 8.39. The van der Waals surface area contributed by atoms with Crippen LogP contribution in [0, 0.1) is 23.7 Å². The van der Waals surface area contributed by atoms with E-state index in [-0.39, 0.29) is 23.7 Å². The van der Waals surface area contributed by atoms with Crippen LogP contribution in [0.1, 0.15) is 32.3 Å². The fourth-order valence-corrected chi connectivity index (χ4v) is 3.45. The van der Waals surface area contributed by atoms with Gasteiger partial charge >= 0.3 is 0 Å². The lowest BCUT2D eigenvalue weighted by Crippen LogP contribution is -2.32. The van der Waals surface area contributed by atoms with Gasteiger partial charge in [-0.2, -0.15) is 0 Å². The summed E-state index contributed by atoms with van der Waals surface area (Å²) in [5.74, 6) is 1.26. The Morgan fingerprint density at radius 2 is 2.04 bits per heavy atom. The number of rotatable bonds is 5. The van der Waals surface area contributed by atoms with Gasteiger partial charge in [-0.25, -0.2) is 0 Å². The molecule has 1 fully saturated rings. The van der Waals surface area contributed by atoms with Crippen molar-refractivity contribution in [2.45, 2.75) is 33.2 Å². The van der Waals surface area contributed by atoms with Crippen LogP contribution in [0.3, 0.4) is 0 Å². The molecule has 4 nitrogen and oxygen atoms in total. The number of fused-ring (bicyclic) bond motifs is 2. The van der Waals surface area contributed by atoms with Gasteiger partial charge in [0.15, 0.2) is 0 Å². The van der Waals surface area contributed by atoms with Gasteiger partial charge in [0.2, 0.25) is 11.8 Å². The molecule has 0 aromatic heterocycles. The van der Waals surface area contributed by atoms with Gasteiger partial charge in [-0.1, -0.05) is 38.1 Å². The quantitative estimate of drug-likeness (QED) is 0.821. The first-order chi connectivity index (χ1) is 11.0. The van der Waals surface area contributed by atoms with E-state index in [2.05, 4.69) is 22.8 Å². The highest BCUT2D eigenvalue weighted by Gasteiger charge is 2.39. The van der Waals surface area contributed by atoms with Crippen LogP contribution in [-0.2, 0) is 16.1 Å². The maximum atomic E-state index is 12.3. The Kier molecular flexibility index (Phi) is 4.51. The van der Waals surface area contributed by atoms with Crippen LogP contribution in [0.25, 0.3) is 0 Å². The minimum atomic E-state index is -0.0517. The zero-order valence-corrected chi connectivity index (χ0v) is 13.7. The molecular formula is C19H24N2O2. The van der Waals surface area contributed by atoms with Gasteiger partial charge in [0.05, 0.1) is 0 Å². The number of benzene rings is 1. The molecule has 0 spiro atoms. The minimum absolute atomic E-state index is 0.0000430. The van der Waals surface area contributed by atoms with Crippen LogP contribution in [0.2, 0.25) is 0 Å². The van der Waals surface area contributed by atoms with Crippen molar-refractivity contribution in [3.63, 3.8) is 0 Å². The van der Waals surface area contributed by atoms with Gasteiger partial charge in [0.25, 0.3) is 0 Å². The Morgan fingerprint density at radius 1 is 1.22 bits per heavy atom. The number of hydrogen-bond donors (Lipinski definition) is 2. The van der Waals surface area contributed by atoms with Gasteiger partial charge in [-0.05, 0) is 42.4 Å². The molecule has 3 rings (SSSR count). The molecule has 0 radical (unpaired) electrons. The van der Waals surface area contributed by atoms with Crippen LogP contribution in [-0.4, -0.2) is 11.8 Å². The van der Waals surface area contributed by atoms with Crippen molar-refractivity contribution in [2.24, 2.45) is 23.7 Å².